The number of nitrogens with zero attached hydrogens (tertiary/aromatic N) is 2. The van der Waals surface area contributed by atoms with Crippen molar-refractivity contribution < 1.29 is 14.1 Å². The van der Waals surface area contributed by atoms with Crippen molar-refractivity contribution in [3.8, 4) is 0 Å². The van der Waals surface area contributed by atoms with Crippen LogP contribution in [0.3, 0.4) is 0 Å². The molecule has 0 saturated heterocycles. The van der Waals surface area contributed by atoms with Crippen LogP contribution in [0.25, 0.3) is 0 Å². The van der Waals surface area contributed by atoms with Gasteiger partial charge in [-0.3, -0.25) is 14.9 Å². The molecule has 0 unspecified atom stereocenters. The molecule has 1 rings (SSSR count). The number of amides is 2. The Bertz CT molecular complexity index is 414. The van der Waals surface area contributed by atoms with Crippen LogP contribution in [0.15, 0.2) is 10.6 Å². The van der Waals surface area contributed by atoms with Crippen LogP contribution < -0.4 is 10.6 Å². The summed E-state index contributed by atoms with van der Waals surface area (Å²) in [4.78, 5) is 24.8. The van der Waals surface area contributed by atoms with E-state index >= 15 is 0 Å². The van der Waals surface area contributed by atoms with Crippen LogP contribution in [0.1, 0.15) is 12.2 Å². The SMILES string of the molecule is Cc1cc(NC(=O)C(=O)NCCCN(C)C)no1. The highest BCUT2D eigenvalue weighted by molar-refractivity contribution is 6.39. The molecule has 0 aliphatic heterocycles. The van der Waals surface area contributed by atoms with Gasteiger partial charge in [-0.05, 0) is 34.0 Å². The molecule has 0 spiro atoms. The van der Waals surface area contributed by atoms with Crippen LogP contribution in [0.5, 0.6) is 0 Å². The number of carbonyl (C=O) groups is 2. The standard InChI is InChI=1S/C11H18N4O3/c1-8-7-9(14-18-8)13-11(17)10(16)12-5-4-6-15(2)3/h7H,4-6H2,1-3H3,(H,12,16)(H,13,14,17). The molecule has 1 aromatic rings. The van der Waals surface area contributed by atoms with E-state index in [-0.39, 0.29) is 5.82 Å². The van der Waals surface area contributed by atoms with E-state index in [0.717, 1.165) is 13.0 Å². The van der Waals surface area contributed by atoms with Gasteiger partial charge in [0.1, 0.15) is 5.76 Å². The van der Waals surface area contributed by atoms with E-state index in [1.165, 1.54) is 6.07 Å². The van der Waals surface area contributed by atoms with Gasteiger partial charge in [0.25, 0.3) is 0 Å². The maximum atomic E-state index is 11.4. The van der Waals surface area contributed by atoms with E-state index < -0.39 is 11.8 Å². The van der Waals surface area contributed by atoms with Crippen molar-refractivity contribution in [1.82, 2.24) is 15.4 Å². The summed E-state index contributed by atoms with van der Waals surface area (Å²) in [6.45, 7) is 3.01. The molecule has 100 valence electrons. The lowest BCUT2D eigenvalue weighted by Crippen LogP contribution is -2.36. The van der Waals surface area contributed by atoms with Gasteiger partial charge in [-0.1, -0.05) is 5.16 Å². The van der Waals surface area contributed by atoms with E-state index in [1.54, 1.807) is 6.92 Å². The molecule has 0 aliphatic carbocycles. The summed E-state index contributed by atoms with van der Waals surface area (Å²) in [7, 11) is 3.89. The predicted octanol–water partition coefficient (Wildman–Crippen LogP) is -0.0106. The normalized spacial score (nSPS) is 10.4. The van der Waals surface area contributed by atoms with Crippen LogP contribution in [0, 0.1) is 6.92 Å². The zero-order valence-electron chi connectivity index (χ0n) is 10.8. The number of anilines is 1. The Kier molecular flexibility index (Phi) is 5.31. The predicted molar refractivity (Wildman–Crippen MR) is 66.1 cm³/mol. The molecule has 18 heavy (non-hydrogen) atoms. The Morgan fingerprint density at radius 1 is 1.39 bits per heavy atom. The molecule has 1 aromatic heterocycles. The quantitative estimate of drug-likeness (QED) is 0.570. The third kappa shape index (κ3) is 4.96. The molecule has 7 nitrogen and oxygen atoms in total. The Morgan fingerprint density at radius 3 is 2.67 bits per heavy atom. The molecular formula is C11H18N4O3. The Hall–Kier alpha value is -1.89. The van der Waals surface area contributed by atoms with Crippen LogP contribution in [0.4, 0.5) is 5.82 Å². The van der Waals surface area contributed by atoms with Gasteiger partial charge in [-0.25, -0.2) is 0 Å². The topological polar surface area (TPSA) is 87.5 Å². The number of nitrogens with one attached hydrogen (secondary N) is 2. The zero-order chi connectivity index (χ0) is 13.5. The fraction of sp³-hybridized carbons (Fsp3) is 0.545. The number of aryl methyl sites for hydroxylation is 1. The highest BCUT2D eigenvalue weighted by Crippen LogP contribution is 2.06. The highest BCUT2D eigenvalue weighted by Gasteiger charge is 2.14. The average molecular weight is 254 g/mol. The van der Waals surface area contributed by atoms with E-state index in [0.29, 0.717) is 12.3 Å². The summed E-state index contributed by atoms with van der Waals surface area (Å²) in [6, 6.07) is 1.54. The van der Waals surface area contributed by atoms with E-state index in [4.69, 9.17) is 4.52 Å². The Labute approximate surface area is 105 Å². The summed E-state index contributed by atoms with van der Waals surface area (Å²) >= 11 is 0. The lowest BCUT2D eigenvalue weighted by Gasteiger charge is -2.09. The molecule has 0 aliphatic rings. The van der Waals surface area contributed by atoms with Crippen molar-refractivity contribution in [2.24, 2.45) is 0 Å². The van der Waals surface area contributed by atoms with Crippen molar-refractivity contribution in [2.75, 3.05) is 32.5 Å². The molecule has 2 N–H and O–H groups in total. The second-order valence-corrected chi connectivity index (χ2v) is 4.19. The van der Waals surface area contributed by atoms with Gasteiger partial charge in [0.2, 0.25) is 0 Å². The third-order valence-electron chi connectivity index (χ3n) is 2.14. The molecular weight excluding hydrogens is 236 g/mol. The molecule has 0 saturated carbocycles. The molecule has 0 fully saturated rings. The largest absolute Gasteiger partial charge is 0.360 e. The summed E-state index contributed by atoms with van der Waals surface area (Å²) < 4.78 is 4.77. The number of aromatic nitrogens is 1. The van der Waals surface area contributed by atoms with Gasteiger partial charge in [0.15, 0.2) is 5.82 Å². The maximum absolute atomic E-state index is 11.4. The van der Waals surface area contributed by atoms with Gasteiger partial charge in [-0.2, -0.15) is 0 Å². The Balaban J connectivity index is 2.27. The number of hydrogen-bond acceptors (Lipinski definition) is 5. The average Bonchev–Trinajstić information content (AvgIpc) is 2.69. The zero-order valence-corrected chi connectivity index (χ0v) is 10.8. The first kappa shape index (κ1) is 14.2. The molecule has 0 atom stereocenters. The van der Waals surface area contributed by atoms with E-state index in [2.05, 4.69) is 15.8 Å². The monoisotopic (exact) mass is 254 g/mol. The maximum Gasteiger partial charge on any atom is 0.314 e. The van der Waals surface area contributed by atoms with Crippen molar-refractivity contribution in [1.29, 1.82) is 0 Å². The minimum absolute atomic E-state index is 0.237. The first-order chi connectivity index (χ1) is 8.49. The smallest absolute Gasteiger partial charge is 0.314 e. The summed E-state index contributed by atoms with van der Waals surface area (Å²) in [5.74, 6) is -0.611. The Morgan fingerprint density at radius 2 is 2.11 bits per heavy atom. The van der Waals surface area contributed by atoms with E-state index in [9.17, 15) is 9.59 Å². The lowest BCUT2D eigenvalue weighted by atomic mass is 10.4. The van der Waals surface area contributed by atoms with Crippen molar-refractivity contribution in [3.05, 3.63) is 11.8 Å². The van der Waals surface area contributed by atoms with Crippen LogP contribution in [-0.4, -0.2) is 49.1 Å². The van der Waals surface area contributed by atoms with Crippen molar-refractivity contribution >= 4 is 17.6 Å². The summed E-state index contributed by atoms with van der Waals surface area (Å²) in [5.41, 5.74) is 0. The first-order valence-corrected chi connectivity index (χ1v) is 5.66. The second kappa shape index (κ2) is 6.75. The van der Waals surface area contributed by atoms with Crippen molar-refractivity contribution in [2.45, 2.75) is 13.3 Å². The van der Waals surface area contributed by atoms with Crippen LogP contribution >= 0.6 is 0 Å². The van der Waals surface area contributed by atoms with Gasteiger partial charge in [0, 0.05) is 12.6 Å². The minimum atomic E-state index is -0.742. The number of rotatable bonds is 5. The minimum Gasteiger partial charge on any atom is -0.360 e. The number of hydrogen-bond donors (Lipinski definition) is 2. The molecule has 2 amide bonds. The molecule has 0 radical (unpaired) electrons. The summed E-state index contributed by atoms with van der Waals surface area (Å²) in [6.07, 6.45) is 0.787. The van der Waals surface area contributed by atoms with Gasteiger partial charge in [-0.15, -0.1) is 0 Å². The lowest BCUT2D eigenvalue weighted by molar-refractivity contribution is -0.136. The first-order valence-electron chi connectivity index (χ1n) is 5.66. The van der Waals surface area contributed by atoms with Gasteiger partial charge >= 0.3 is 11.8 Å². The molecule has 7 heteroatoms. The number of carbonyl (C=O) groups excluding carboxylic acids is 2. The second-order valence-electron chi connectivity index (χ2n) is 4.19. The van der Waals surface area contributed by atoms with E-state index in [1.807, 2.05) is 19.0 Å². The third-order valence-corrected chi connectivity index (χ3v) is 2.14. The fourth-order valence-corrected chi connectivity index (χ4v) is 1.28. The fourth-order valence-electron chi connectivity index (χ4n) is 1.28. The van der Waals surface area contributed by atoms with Crippen LogP contribution in [-0.2, 0) is 9.59 Å². The molecule has 1 heterocycles. The van der Waals surface area contributed by atoms with Gasteiger partial charge < -0.3 is 14.7 Å². The van der Waals surface area contributed by atoms with Crippen LogP contribution in [0.2, 0.25) is 0 Å². The summed E-state index contributed by atoms with van der Waals surface area (Å²) in [5, 5.41) is 8.44. The van der Waals surface area contributed by atoms with Crippen molar-refractivity contribution in [3.63, 3.8) is 0 Å². The molecule has 0 bridgehead atoms. The molecule has 0 aromatic carbocycles. The van der Waals surface area contributed by atoms with Gasteiger partial charge in [0.05, 0.1) is 0 Å². The highest BCUT2D eigenvalue weighted by atomic mass is 16.5.